The van der Waals surface area contributed by atoms with Crippen molar-refractivity contribution in [1.82, 2.24) is 5.32 Å². The monoisotopic (exact) mass is 289 g/mol. The molecule has 0 heterocycles. The Balaban J connectivity index is 2.32. The third-order valence-corrected chi connectivity index (χ3v) is 3.98. The van der Waals surface area contributed by atoms with E-state index in [2.05, 4.69) is 36.5 Å². The first-order valence-electron chi connectivity index (χ1n) is 6.73. The molecule has 0 amide bonds. The number of rotatable bonds is 5. The van der Waals surface area contributed by atoms with Crippen LogP contribution in [0.1, 0.15) is 30.0 Å². The van der Waals surface area contributed by atoms with Crippen molar-refractivity contribution in [2.45, 2.75) is 18.9 Å². The van der Waals surface area contributed by atoms with Crippen molar-refractivity contribution in [2.75, 3.05) is 14.2 Å². The summed E-state index contributed by atoms with van der Waals surface area (Å²) in [6, 6.07) is 16.6. The zero-order valence-corrected chi connectivity index (χ0v) is 12.8. The summed E-state index contributed by atoms with van der Waals surface area (Å²) in [4.78, 5) is 0. The quantitative estimate of drug-likeness (QED) is 0.880. The summed E-state index contributed by atoms with van der Waals surface area (Å²) in [5.41, 5.74) is 2.48. The predicted octanol–water partition coefficient (Wildman–Crippen LogP) is 4.41. The van der Waals surface area contributed by atoms with E-state index < -0.39 is 0 Å². The molecule has 0 aromatic heterocycles. The summed E-state index contributed by atoms with van der Waals surface area (Å²) in [6.45, 7) is 2.22. The molecule has 2 aromatic rings. The lowest BCUT2D eigenvalue weighted by Crippen LogP contribution is -2.22. The van der Waals surface area contributed by atoms with Gasteiger partial charge in [-0.1, -0.05) is 54.9 Å². The first-order chi connectivity index (χ1) is 9.67. The fourth-order valence-electron chi connectivity index (χ4n) is 2.52. The molecule has 0 fully saturated rings. The van der Waals surface area contributed by atoms with Crippen molar-refractivity contribution in [2.24, 2.45) is 0 Å². The maximum Gasteiger partial charge on any atom is 0.137 e. The number of methoxy groups -OCH3 is 1. The molecule has 0 saturated carbocycles. The Morgan fingerprint density at radius 2 is 1.75 bits per heavy atom. The second-order valence-electron chi connectivity index (χ2n) is 4.86. The molecular weight excluding hydrogens is 270 g/mol. The van der Waals surface area contributed by atoms with Gasteiger partial charge in [-0.2, -0.15) is 0 Å². The first kappa shape index (κ1) is 14.9. The third-order valence-electron chi connectivity index (χ3n) is 3.67. The van der Waals surface area contributed by atoms with Crippen LogP contribution in [0.25, 0.3) is 0 Å². The van der Waals surface area contributed by atoms with Crippen molar-refractivity contribution in [3.63, 3.8) is 0 Å². The second-order valence-corrected chi connectivity index (χ2v) is 5.27. The van der Waals surface area contributed by atoms with E-state index in [1.54, 1.807) is 7.11 Å². The van der Waals surface area contributed by atoms with Gasteiger partial charge in [0.1, 0.15) is 5.75 Å². The molecule has 2 atom stereocenters. The summed E-state index contributed by atoms with van der Waals surface area (Å²) in [6.07, 6.45) is 0. The van der Waals surface area contributed by atoms with E-state index in [1.165, 1.54) is 11.1 Å². The Bertz CT molecular complexity index is 556. The van der Waals surface area contributed by atoms with Crippen LogP contribution in [0.15, 0.2) is 48.5 Å². The Morgan fingerprint density at radius 1 is 1.05 bits per heavy atom. The Hall–Kier alpha value is -1.51. The van der Waals surface area contributed by atoms with E-state index in [9.17, 15) is 0 Å². The molecule has 2 unspecified atom stereocenters. The molecule has 0 aliphatic heterocycles. The maximum atomic E-state index is 6.10. The van der Waals surface area contributed by atoms with E-state index in [4.69, 9.17) is 16.3 Å². The summed E-state index contributed by atoms with van der Waals surface area (Å²) in [7, 11) is 3.62. The maximum absolute atomic E-state index is 6.10. The SMILES string of the molecule is CNC(c1ccc(Cl)c(OC)c1)C(C)c1ccccc1. The van der Waals surface area contributed by atoms with Crippen molar-refractivity contribution in [1.29, 1.82) is 0 Å². The highest BCUT2D eigenvalue weighted by molar-refractivity contribution is 6.32. The van der Waals surface area contributed by atoms with Crippen LogP contribution in [0.2, 0.25) is 5.02 Å². The third kappa shape index (κ3) is 3.14. The fraction of sp³-hybridized carbons (Fsp3) is 0.294. The highest BCUT2D eigenvalue weighted by Crippen LogP contribution is 2.34. The predicted molar refractivity (Wildman–Crippen MR) is 84.7 cm³/mol. The van der Waals surface area contributed by atoms with Gasteiger partial charge in [0, 0.05) is 12.0 Å². The number of likely N-dealkylation sites (N-methyl/N-ethyl adjacent to an activating group) is 1. The number of nitrogens with one attached hydrogen (secondary N) is 1. The summed E-state index contributed by atoms with van der Waals surface area (Å²) in [5, 5.41) is 4.03. The van der Waals surface area contributed by atoms with E-state index in [1.807, 2.05) is 31.3 Å². The lowest BCUT2D eigenvalue weighted by atomic mass is 9.88. The molecule has 106 valence electrons. The van der Waals surface area contributed by atoms with E-state index in [0.29, 0.717) is 16.7 Å². The molecule has 0 spiro atoms. The molecule has 2 rings (SSSR count). The summed E-state index contributed by atoms with van der Waals surface area (Å²) in [5.74, 6) is 1.07. The number of hydrogen-bond donors (Lipinski definition) is 1. The second kappa shape index (κ2) is 6.78. The normalized spacial score (nSPS) is 13.8. The fourth-order valence-corrected chi connectivity index (χ4v) is 2.72. The van der Waals surface area contributed by atoms with Gasteiger partial charge in [-0.05, 0) is 30.3 Å². The van der Waals surface area contributed by atoms with Gasteiger partial charge in [0.25, 0.3) is 0 Å². The standard InChI is InChI=1S/C17H20ClNO/c1-12(13-7-5-4-6-8-13)17(19-2)14-9-10-15(18)16(11-14)20-3/h4-12,17,19H,1-3H3. The zero-order valence-electron chi connectivity index (χ0n) is 12.1. The average molecular weight is 290 g/mol. The van der Waals surface area contributed by atoms with E-state index in [-0.39, 0.29) is 6.04 Å². The first-order valence-corrected chi connectivity index (χ1v) is 7.10. The van der Waals surface area contributed by atoms with Gasteiger partial charge in [-0.25, -0.2) is 0 Å². The molecule has 2 aromatic carbocycles. The van der Waals surface area contributed by atoms with Crippen molar-refractivity contribution >= 4 is 11.6 Å². The van der Waals surface area contributed by atoms with Crippen molar-refractivity contribution < 1.29 is 4.74 Å². The average Bonchev–Trinajstić information content (AvgIpc) is 2.50. The number of ether oxygens (including phenoxy) is 1. The Labute approximate surface area is 125 Å². The van der Waals surface area contributed by atoms with Crippen LogP contribution in [0.3, 0.4) is 0 Å². The van der Waals surface area contributed by atoms with E-state index in [0.717, 1.165) is 0 Å². The van der Waals surface area contributed by atoms with E-state index >= 15 is 0 Å². The van der Waals surface area contributed by atoms with Crippen molar-refractivity contribution in [3.8, 4) is 5.75 Å². The molecule has 20 heavy (non-hydrogen) atoms. The zero-order chi connectivity index (χ0) is 14.5. The topological polar surface area (TPSA) is 21.3 Å². The minimum atomic E-state index is 0.212. The van der Waals surface area contributed by atoms with Crippen molar-refractivity contribution in [3.05, 3.63) is 64.7 Å². The highest BCUT2D eigenvalue weighted by Gasteiger charge is 2.20. The van der Waals surface area contributed by atoms with Crippen LogP contribution in [-0.4, -0.2) is 14.2 Å². The summed E-state index contributed by atoms with van der Waals surface area (Å²) >= 11 is 6.10. The molecular formula is C17H20ClNO. The van der Waals surface area contributed by atoms with Gasteiger partial charge >= 0.3 is 0 Å². The Morgan fingerprint density at radius 3 is 2.35 bits per heavy atom. The van der Waals surface area contributed by atoms with Crippen LogP contribution < -0.4 is 10.1 Å². The number of halogens is 1. The van der Waals surface area contributed by atoms with Crippen LogP contribution >= 0.6 is 11.6 Å². The van der Waals surface area contributed by atoms with Crippen LogP contribution in [-0.2, 0) is 0 Å². The van der Waals surface area contributed by atoms with Crippen LogP contribution in [0, 0.1) is 0 Å². The molecule has 1 N–H and O–H groups in total. The lowest BCUT2D eigenvalue weighted by molar-refractivity contribution is 0.412. The molecule has 0 saturated heterocycles. The number of hydrogen-bond acceptors (Lipinski definition) is 2. The smallest absolute Gasteiger partial charge is 0.137 e. The minimum Gasteiger partial charge on any atom is -0.495 e. The molecule has 3 heteroatoms. The van der Waals surface area contributed by atoms with Crippen LogP contribution in [0.4, 0.5) is 0 Å². The molecule has 0 aliphatic rings. The molecule has 0 aliphatic carbocycles. The highest BCUT2D eigenvalue weighted by atomic mass is 35.5. The van der Waals surface area contributed by atoms with Gasteiger partial charge in [0.2, 0.25) is 0 Å². The summed E-state index contributed by atoms with van der Waals surface area (Å²) < 4.78 is 5.31. The van der Waals surface area contributed by atoms with Gasteiger partial charge in [-0.3, -0.25) is 0 Å². The van der Waals surface area contributed by atoms with Crippen LogP contribution in [0.5, 0.6) is 5.75 Å². The van der Waals surface area contributed by atoms with Gasteiger partial charge in [0.05, 0.1) is 12.1 Å². The Kier molecular flexibility index (Phi) is 5.05. The lowest BCUT2D eigenvalue weighted by Gasteiger charge is -2.25. The van der Waals surface area contributed by atoms with Gasteiger partial charge in [0.15, 0.2) is 0 Å². The number of benzene rings is 2. The largest absolute Gasteiger partial charge is 0.495 e. The van der Waals surface area contributed by atoms with Gasteiger partial charge < -0.3 is 10.1 Å². The minimum absolute atomic E-state index is 0.212. The molecule has 0 radical (unpaired) electrons. The van der Waals surface area contributed by atoms with Gasteiger partial charge in [-0.15, -0.1) is 0 Å². The molecule has 0 bridgehead atoms. The molecule has 2 nitrogen and oxygen atoms in total.